The number of ether oxygens (including phenoxy) is 1. The lowest BCUT2D eigenvalue weighted by molar-refractivity contribution is -0.540. The number of methoxy groups -OCH3 is 1. The minimum absolute atomic E-state index is 0.310. The maximum absolute atomic E-state index is 13.3. The van der Waals surface area contributed by atoms with Crippen LogP contribution in [0.15, 0.2) is 30.3 Å². The summed E-state index contributed by atoms with van der Waals surface area (Å²) in [5.41, 5.74) is 0.310. The zero-order chi connectivity index (χ0) is 16.5. The molecule has 1 heterocycles. The summed E-state index contributed by atoms with van der Waals surface area (Å²) >= 11 is 0. The van der Waals surface area contributed by atoms with Gasteiger partial charge in [-0.2, -0.15) is 13.2 Å². The molecule has 1 fully saturated rings. The Hall–Kier alpha value is -2.16. The maximum Gasteiger partial charge on any atom is 0.400 e. The average Bonchev–Trinajstić information content (AvgIpc) is 2.88. The van der Waals surface area contributed by atoms with Crippen molar-refractivity contribution in [2.75, 3.05) is 7.11 Å². The van der Waals surface area contributed by atoms with Gasteiger partial charge in [-0.25, -0.2) is 0 Å². The number of carbonyl (C=O) groups excluding carboxylic acids is 1. The lowest BCUT2D eigenvalue weighted by atomic mass is 9.90. The molecule has 0 unspecified atom stereocenters. The topological polar surface area (TPSA) is 81.5 Å². The van der Waals surface area contributed by atoms with Crippen molar-refractivity contribution in [3.63, 3.8) is 0 Å². The Morgan fingerprint density at radius 2 is 1.91 bits per heavy atom. The minimum atomic E-state index is -4.91. The fourth-order valence-corrected chi connectivity index (χ4v) is 2.73. The normalized spacial score (nSPS) is 28.4. The van der Waals surface area contributed by atoms with Gasteiger partial charge in [0, 0.05) is 4.92 Å². The van der Waals surface area contributed by atoms with Gasteiger partial charge in [0.1, 0.15) is 18.0 Å². The summed E-state index contributed by atoms with van der Waals surface area (Å²) in [5, 5.41) is 13.6. The van der Waals surface area contributed by atoms with E-state index in [-0.39, 0.29) is 0 Å². The number of rotatable bonds is 3. The lowest BCUT2D eigenvalue weighted by Gasteiger charge is -2.21. The molecule has 0 saturated carbocycles. The van der Waals surface area contributed by atoms with Crippen LogP contribution in [0.4, 0.5) is 13.2 Å². The third kappa shape index (κ3) is 2.89. The molecule has 0 radical (unpaired) electrons. The van der Waals surface area contributed by atoms with Crippen molar-refractivity contribution in [2.24, 2.45) is 5.92 Å². The number of nitro groups is 1. The first-order valence-corrected chi connectivity index (χ1v) is 6.36. The number of halogens is 3. The van der Waals surface area contributed by atoms with Gasteiger partial charge < -0.3 is 4.74 Å². The molecule has 22 heavy (non-hydrogen) atoms. The molecular weight excluding hydrogens is 305 g/mol. The molecule has 0 bridgehead atoms. The Morgan fingerprint density at radius 1 is 1.32 bits per heavy atom. The second kappa shape index (κ2) is 5.91. The first kappa shape index (κ1) is 16.2. The van der Waals surface area contributed by atoms with Gasteiger partial charge in [-0.05, 0) is 5.56 Å². The summed E-state index contributed by atoms with van der Waals surface area (Å²) < 4.78 is 44.1. The van der Waals surface area contributed by atoms with Crippen LogP contribution in [0.25, 0.3) is 0 Å². The second-order valence-corrected chi connectivity index (χ2v) is 4.90. The Morgan fingerprint density at radius 3 is 2.36 bits per heavy atom. The zero-order valence-electron chi connectivity index (χ0n) is 11.4. The molecule has 120 valence electrons. The highest BCUT2D eigenvalue weighted by Crippen LogP contribution is 2.43. The number of esters is 1. The number of benzene rings is 1. The SMILES string of the molecule is COC(=O)[C@@H]1N[C@H](c2ccccc2)[C@H]([N+](=O)[O-])[C@H]1C(F)(F)F. The number of carbonyl (C=O) groups is 1. The van der Waals surface area contributed by atoms with Crippen LogP contribution in [0.2, 0.25) is 0 Å². The fourth-order valence-electron chi connectivity index (χ4n) is 2.73. The summed E-state index contributed by atoms with van der Waals surface area (Å²) in [6.07, 6.45) is -4.91. The Labute approximate surface area is 123 Å². The van der Waals surface area contributed by atoms with Crippen molar-refractivity contribution >= 4 is 5.97 Å². The molecule has 1 aromatic carbocycles. The van der Waals surface area contributed by atoms with E-state index in [0.29, 0.717) is 5.56 Å². The highest BCUT2D eigenvalue weighted by Gasteiger charge is 2.65. The van der Waals surface area contributed by atoms with Gasteiger partial charge in [0.25, 0.3) is 0 Å². The van der Waals surface area contributed by atoms with Gasteiger partial charge in [0.15, 0.2) is 0 Å². The molecule has 0 amide bonds. The smallest absolute Gasteiger partial charge is 0.400 e. The van der Waals surface area contributed by atoms with Crippen LogP contribution in [0.5, 0.6) is 0 Å². The van der Waals surface area contributed by atoms with E-state index in [1.807, 2.05) is 0 Å². The van der Waals surface area contributed by atoms with Crippen LogP contribution in [0.3, 0.4) is 0 Å². The number of hydrogen-bond acceptors (Lipinski definition) is 5. The Kier molecular flexibility index (Phi) is 4.36. The fraction of sp³-hybridized carbons (Fsp3) is 0.462. The van der Waals surface area contributed by atoms with Crippen LogP contribution in [-0.4, -0.2) is 36.3 Å². The molecule has 1 N–H and O–H groups in total. The quantitative estimate of drug-likeness (QED) is 0.521. The molecule has 0 aliphatic carbocycles. The van der Waals surface area contributed by atoms with Crippen molar-refractivity contribution in [2.45, 2.75) is 24.3 Å². The highest BCUT2D eigenvalue weighted by atomic mass is 19.4. The first-order valence-electron chi connectivity index (χ1n) is 6.36. The van der Waals surface area contributed by atoms with Crippen molar-refractivity contribution in [3.8, 4) is 0 Å². The molecule has 1 aliphatic rings. The zero-order valence-corrected chi connectivity index (χ0v) is 11.4. The van der Waals surface area contributed by atoms with Gasteiger partial charge in [0.2, 0.25) is 6.04 Å². The molecule has 4 atom stereocenters. The Balaban J connectivity index is 2.48. The molecule has 2 rings (SSSR count). The largest absolute Gasteiger partial charge is 0.468 e. The van der Waals surface area contributed by atoms with Gasteiger partial charge in [-0.1, -0.05) is 30.3 Å². The number of nitrogens with one attached hydrogen (secondary N) is 1. The number of nitrogens with zero attached hydrogens (tertiary/aromatic N) is 1. The molecule has 0 spiro atoms. The minimum Gasteiger partial charge on any atom is -0.468 e. The van der Waals surface area contributed by atoms with Crippen molar-refractivity contribution in [3.05, 3.63) is 46.0 Å². The van der Waals surface area contributed by atoms with Crippen molar-refractivity contribution in [1.29, 1.82) is 0 Å². The summed E-state index contributed by atoms with van der Waals surface area (Å²) in [6.45, 7) is 0. The lowest BCUT2D eigenvalue weighted by Crippen LogP contribution is -2.46. The van der Waals surface area contributed by atoms with E-state index in [4.69, 9.17) is 0 Å². The van der Waals surface area contributed by atoms with Crippen LogP contribution in [-0.2, 0) is 9.53 Å². The van der Waals surface area contributed by atoms with E-state index < -0.39 is 41.1 Å². The van der Waals surface area contributed by atoms with E-state index in [1.165, 1.54) is 12.1 Å². The van der Waals surface area contributed by atoms with E-state index in [9.17, 15) is 28.1 Å². The third-order valence-electron chi connectivity index (χ3n) is 3.66. The van der Waals surface area contributed by atoms with E-state index in [2.05, 4.69) is 10.1 Å². The molecule has 1 saturated heterocycles. The van der Waals surface area contributed by atoms with Gasteiger partial charge in [-0.3, -0.25) is 20.2 Å². The maximum atomic E-state index is 13.3. The molecule has 1 aliphatic heterocycles. The first-order chi connectivity index (χ1) is 10.3. The van der Waals surface area contributed by atoms with Crippen LogP contribution >= 0.6 is 0 Å². The van der Waals surface area contributed by atoms with Gasteiger partial charge in [0.05, 0.1) is 7.11 Å². The molecule has 1 aromatic rings. The summed E-state index contributed by atoms with van der Waals surface area (Å²) in [6, 6.07) is 2.65. The summed E-state index contributed by atoms with van der Waals surface area (Å²) in [5.74, 6) is -3.63. The van der Waals surface area contributed by atoms with Crippen LogP contribution in [0, 0.1) is 16.0 Å². The summed E-state index contributed by atoms with van der Waals surface area (Å²) in [7, 11) is 0.939. The third-order valence-corrected chi connectivity index (χ3v) is 3.66. The van der Waals surface area contributed by atoms with Crippen LogP contribution in [0.1, 0.15) is 11.6 Å². The number of alkyl halides is 3. The molecule has 9 heteroatoms. The van der Waals surface area contributed by atoms with E-state index >= 15 is 0 Å². The molecular formula is C13H13F3N2O4. The molecule has 6 nitrogen and oxygen atoms in total. The summed E-state index contributed by atoms with van der Waals surface area (Å²) in [4.78, 5) is 21.8. The van der Waals surface area contributed by atoms with Gasteiger partial charge >= 0.3 is 12.1 Å². The average molecular weight is 318 g/mol. The van der Waals surface area contributed by atoms with Crippen molar-refractivity contribution in [1.82, 2.24) is 5.32 Å². The predicted molar refractivity (Wildman–Crippen MR) is 68.5 cm³/mol. The standard InChI is InChI=1S/C13H13F3N2O4/c1-22-12(19)10-8(13(14,15)16)11(18(20)21)9(17-10)7-5-3-2-4-6-7/h2-6,8-11,17H,1H3/t8-,9+,10+,11+/m0/s1. The van der Waals surface area contributed by atoms with Crippen molar-refractivity contribution < 1.29 is 27.6 Å². The monoisotopic (exact) mass is 318 g/mol. The van der Waals surface area contributed by atoms with E-state index in [0.717, 1.165) is 7.11 Å². The Bertz CT molecular complexity index is 564. The highest BCUT2D eigenvalue weighted by molar-refractivity contribution is 5.77. The van der Waals surface area contributed by atoms with E-state index in [1.54, 1.807) is 18.2 Å². The number of hydrogen-bond donors (Lipinski definition) is 1. The second-order valence-electron chi connectivity index (χ2n) is 4.90. The van der Waals surface area contributed by atoms with Gasteiger partial charge in [-0.15, -0.1) is 0 Å². The predicted octanol–water partition coefficient (Wildman–Crippen LogP) is 1.70. The van der Waals surface area contributed by atoms with Crippen LogP contribution < -0.4 is 5.32 Å². The molecule has 0 aromatic heterocycles.